The van der Waals surface area contributed by atoms with Gasteiger partial charge in [-0.05, 0) is 37.2 Å². The van der Waals surface area contributed by atoms with Crippen molar-refractivity contribution in [2.24, 2.45) is 0 Å². The van der Waals surface area contributed by atoms with Gasteiger partial charge in [0.15, 0.2) is 0 Å². The molecule has 1 amide bonds. The molecule has 2 fully saturated rings. The van der Waals surface area contributed by atoms with Crippen molar-refractivity contribution >= 4 is 17.7 Å². The van der Waals surface area contributed by atoms with Crippen molar-refractivity contribution in [2.45, 2.75) is 70.6 Å². The molecule has 2 unspecified atom stereocenters. The lowest BCUT2D eigenvalue weighted by Gasteiger charge is -2.35. The topological polar surface area (TPSA) is 32.3 Å². The standard InChI is InChI=1S/C14H26N2OS/c1-3-5-12-14(17)16(13(15-12)6-4-2)11-7-9-18-10-8-11/h11-13,15H,3-10H2,1-2H3. The number of amides is 1. The maximum Gasteiger partial charge on any atom is 0.241 e. The first-order valence-corrected chi connectivity index (χ1v) is 8.59. The summed E-state index contributed by atoms with van der Waals surface area (Å²) in [7, 11) is 0. The molecule has 0 aliphatic carbocycles. The van der Waals surface area contributed by atoms with E-state index >= 15 is 0 Å². The van der Waals surface area contributed by atoms with E-state index in [0.29, 0.717) is 18.1 Å². The summed E-state index contributed by atoms with van der Waals surface area (Å²) in [6.07, 6.45) is 6.95. The van der Waals surface area contributed by atoms with Gasteiger partial charge in [-0.25, -0.2) is 0 Å². The molecule has 3 nitrogen and oxygen atoms in total. The van der Waals surface area contributed by atoms with Gasteiger partial charge in [-0.1, -0.05) is 26.7 Å². The second kappa shape index (κ2) is 6.80. The van der Waals surface area contributed by atoms with E-state index in [-0.39, 0.29) is 6.04 Å². The van der Waals surface area contributed by atoms with Gasteiger partial charge in [0.05, 0.1) is 12.2 Å². The smallest absolute Gasteiger partial charge is 0.241 e. The molecule has 0 saturated carbocycles. The lowest BCUT2D eigenvalue weighted by Crippen LogP contribution is -2.46. The van der Waals surface area contributed by atoms with Crippen LogP contribution in [-0.2, 0) is 4.79 Å². The van der Waals surface area contributed by atoms with Crippen molar-refractivity contribution in [3.05, 3.63) is 0 Å². The summed E-state index contributed by atoms with van der Waals surface area (Å²) >= 11 is 2.03. The Morgan fingerprint density at radius 2 is 1.89 bits per heavy atom. The van der Waals surface area contributed by atoms with E-state index in [0.717, 1.165) is 25.7 Å². The molecule has 18 heavy (non-hydrogen) atoms. The Hall–Kier alpha value is -0.220. The van der Waals surface area contributed by atoms with Crippen molar-refractivity contribution in [2.75, 3.05) is 11.5 Å². The molecule has 0 spiro atoms. The maximum absolute atomic E-state index is 12.5. The molecule has 2 rings (SSSR count). The number of rotatable bonds is 5. The van der Waals surface area contributed by atoms with Crippen LogP contribution in [0.2, 0.25) is 0 Å². The molecule has 0 aromatic rings. The Morgan fingerprint density at radius 3 is 2.50 bits per heavy atom. The Kier molecular flexibility index (Phi) is 5.37. The number of hydrogen-bond acceptors (Lipinski definition) is 3. The van der Waals surface area contributed by atoms with Crippen LogP contribution in [0.5, 0.6) is 0 Å². The van der Waals surface area contributed by atoms with E-state index in [1.54, 1.807) is 0 Å². The van der Waals surface area contributed by atoms with Crippen molar-refractivity contribution in [1.82, 2.24) is 10.2 Å². The van der Waals surface area contributed by atoms with E-state index in [1.807, 2.05) is 11.8 Å². The van der Waals surface area contributed by atoms with Crippen LogP contribution in [0.1, 0.15) is 52.4 Å². The summed E-state index contributed by atoms with van der Waals surface area (Å²) in [5.74, 6) is 2.80. The van der Waals surface area contributed by atoms with Gasteiger partial charge in [-0.15, -0.1) is 0 Å². The van der Waals surface area contributed by atoms with Gasteiger partial charge in [0.25, 0.3) is 0 Å². The minimum atomic E-state index is 0.0844. The van der Waals surface area contributed by atoms with Crippen LogP contribution in [0.15, 0.2) is 0 Å². The predicted octanol–water partition coefficient (Wildman–Crippen LogP) is 2.61. The molecular formula is C14H26N2OS. The van der Waals surface area contributed by atoms with Gasteiger partial charge in [-0.2, -0.15) is 11.8 Å². The van der Waals surface area contributed by atoms with Crippen molar-refractivity contribution < 1.29 is 4.79 Å². The lowest BCUT2D eigenvalue weighted by molar-refractivity contribution is -0.132. The van der Waals surface area contributed by atoms with Crippen molar-refractivity contribution in [1.29, 1.82) is 0 Å². The number of carbonyl (C=O) groups is 1. The molecule has 2 aliphatic rings. The third-order valence-corrected chi connectivity index (χ3v) is 5.05. The average Bonchev–Trinajstić information content (AvgIpc) is 2.68. The van der Waals surface area contributed by atoms with Crippen LogP contribution >= 0.6 is 11.8 Å². The second-order valence-corrected chi connectivity index (χ2v) is 6.63. The summed E-state index contributed by atoms with van der Waals surface area (Å²) in [5, 5.41) is 3.56. The second-order valence-electron chi connectivity index (χ2n) is 5.40. The monoisotopic (exact) mass is 270 g/mol. The molecular weight excluding hydrogens is 244 g/mol. The average molecular weight is 270 g/mol. The summed E-state index contributed by atoms with van der Waals surface area (Å²) < 4.78 is 0. The number of hydrogen-bond donors (Lipinski definition) is 1. The molecule has 0 aromatic heterocycles. The fourth-order valence-electron chi connectivity index (χ4n) is 3.11. The van der Waals surface area contributed by atoms with Crippen molar-refractivity contribution in [3.63, 3.8) is 0 Å². The lowest BCUT2D eigenvalue weighted by atomic mass is 10.1. The van der Waals surface area contributed by atoms with Crippen molar-refractivity contribution in [3.8, 4) is 0 Å². The van der Waals surface area contributed by atoms with E-state index in [1.165, 1.54) is 24.3 Å². The number of nitrogens with one attached hydrogen (secondary N) is 1. The number of thioether (sulfide) groups is 1. The van der Waals surface area contributed by atoms with E-state index in [4.69, 9.17) is 0 Å². The van der Waals surface area contributed by atoms with Gasteiger partial charge < -0.3 is 4.90 Å². The van der Waals surface area contributed by atoms with Crippen LogP contribution in [0.4, 0.5) is 0 Å². The highest BCUT2D eigenvalue weighted by molar-refractivity contribution is 7.99. The van der Waals surface area contributed by atoms with Gasteiger partial charge in [0.2, 0.25) is 5.91 Å². The van der Waals surface area contributed by atoms with Crippen LogP contribution in [0, 0.1) is 0 Å². The Balaban J connectivity index is 2.05. The molecule has 0 aromatic carbocycles. The predicted molar refractivity (Wildman–Crippen MR) is 77.7 cm³/mol. The fraction of sp³-hybridized carbons (Fsp3) is 0.929. The first-order valence-electron chi connectivity index (χ1n) is 7.43. The van der Waals surface area contributed by atoms with Gasteiger partial charge in [0.1, 0.15) is 0 Å². The highest BCUT2D eigenvalue weighted by Gasteiger charge is 2.41. The molecule has 104 valence electrons. The van der Waals surface area contributed by atoms with Crippen LogP contribution in [-0.4, -0.2) is 40.6 Å². The van der Waals surface area contributed by atoms with E-state index < -0.39 is 0 Å². The zero-order chi connectivity index (χ0) is 13.0. The zero-order valence-corrected chi connectivity index (χ0v) is 12.5. The normalized spacial score (nSPS) is 30.1. The summed E-state index contributed by atoms with van der Waals surface area (Å²) in [5.41, 5.74) is 0. The highest BCUT2D eigenvalue weighted by Crippen LogP contribution is 2.28. The molecule has 0 bridgehead atoms. The molecule has 0 radical (unpaired) electrons. The molecule has 4 heteroatoms. The molecule has 2 heterocycles. The third-order valence-electron chi connectivity index (χ3n) is 4.01. The molecule has 1 N–H and O–H groups in total. The molecule has 2 saturated heterocycles. The molecule has 2 atom stereocenters. The van der Waals surface area contributed by atoms with Gasteiger partial charge in [-0.3, -0.25) is 10.1 Å². The minimum Gasteiger partial charge on any atom is -0.323 e. The fourth-order valence-corrected chi connectivity index (χ4v) is 4.19. The van der Waals surface area contributed by atoms with Crippen LogP contribution in [0.3, 0.4) is 0 Å². The summed E-state index contributed by atoms with van der Waals surface area (Å²) in [6, 6.07) is 0.575. The summed E-state index contributed by atoms with van der Waals surface area (Å²) in [6.45, 7) is 4.36. The minimum absolute atomic E-state index is 0.0844. The molecule has 2 aliphatic heterocycles. The zero-order valence-electron chi connectivity index (χ0n) is 11.7. The Morgan fingerprint density at radius 1 is 1.22 bits per heavy atom. The SMILES string of the molecule is CCCC1NC(CCC)N(C2CCSCC2)C1=O. The van der Waals surface area contributed by atoms with E-state index in [2.05, 4.69) is 24.1 Å². The number of nitrogens with zero attached hydrogens (tertiary/aromatic N) is 1. The Labute approximate surface area is 115 Å². The van der Waals surface area contributed by atoms with Gasteiger partial charge >= 0.3 is 0 Å². The highest BCUT2D eigenvalue weighted by atomic mass is 32.2. The summed E-state index contributed by atoms with van der Waals surface area (Å²) in [4.78, 5) is 14.7. The van der Waals surface area contributed by atoms with Crippen LogP contribution < -0.4 is 5.32 Å². The van der Waals surface area contributed by atoms with Crippen LogP contribution in [0.25, 0.3) is 0 Å². The third kappa shape index (κ3) is 3.02. The first-order chi connectivity index (χ1) is 8.77. The largest absolute Gasteiger partial charge is 0.323 e. The number of carbonyl (C=O) groups excluding carboxylic acids is 1. The Bertz CT molecular complexity index is 279. The first kappa shape index (κ1) is 14.2. The van der Waals surface area contributed by atoms with E-state index in [9.17, 15) is 4.79 Å². The van der Waals surface area contributed by atoms with Gasteiger partial charge in [0, 0.05) is 6.04 Å². The maximum atomic E-state index is 12.5. The quantitative estimate of drug-likeness (QED) is 0.833.